The highest BCUT2D eigenvalue weighted by molar-refractivity contribution is 5.21. The Morgan fingerprint density at radius 2 is 2.05 bits per heavy atom. The van der Waals surface area contributed by atoms with Crippen LogP contribution in [0.2, 0.25) is 0 Å². The van der Waals surface area contributed by atoms with Crippen molar-refractivity contribution in [3.63, 3.8) is 0 Å². The fraction of sp³-hybridized carbons (Fsp3) is 0.385. The minimum absolute atomic E-state index is 0.267. The van der Waals surface area contributed by atoms with Crippen LogP contribution < -0.4 is 4.74 Å². The van der Waals surface area contributed by atoms with E-state index in [0.717, 1.165) is 0 Å². The van der Waals surface area contributed by atoms with Crippen molar-refractivity contribution in [2.45, 2.75) is 13.5 Å². The van der Waals surface area contributed by atoms with Gasteiger partial charge in [0.25, 0.3) is 0 Å². The number of ether oxygens (including phenoxy) is 1. The minimum atomic E-state index is -0.267. The van der Waals surface area contributed by atoms with E-state index in [0.29, 0.717) is 37.2 Å². The number of aromatic nitrogens is 2. The van der Waals surface area contributed by atoms with Crippen LogP contribution in [0.15, 0.2) is 28.8 Å². The van der Waals surface area contributed by atoms with Gasteiger partial charge in [-0.25, -0.2) is 4.39 Å². The SMILES string of the molecule is Cc1noc(CN(C)CCOc2ccc(F)cc2)n1. The first-order valence-electron chi connectivity index (χ1n) is 5.99. The zero-order valence-corrected chi connectivity index (χ0v) is 11.0. The van der Waals surface area contributed by atoms with Crippen molar-refractivity contribution < 1.29 is 13.7 Å². The van der Waals surface area contributed by atoms with Gasteiger partial charge in [-0.1, -0.05) is 5.16 Å². The molecule has 0 saturated heterocycles. The Bertz CT molecular complexity index is 513. The first-order chi connectivity index (χ1) is 9.13. The average molecular weight is 265 g/mol. The van der Waals surface area contributed by atoms with Gasteiger partial charge in [0.1, 0.15) is 18.2 Å². The Morgan fingerprint density at radius 1 is 1.32 bits per heavy atom. The van der Waals surface area contributed by atoms with Crippen molar-refractivity contribution >= 4 is 0 Å². The lowest BCUT2D eigenvalue weighted by atomic mass is 10.3. The number of rotatable bonds is 6. The fourth-order valence-electron chi connectivity index (χ4n) is 1.56. The van der Waals surface area contributed by atoms with Gasteiger partial charge in [-0.05, 0) is 38.2 Å². The molecule has 2 rings (SSSR count). The fourth-order valence-corrected chi connectivity index (χ4v) is 1.56. The summed E-state index contributed by atoms with van der Waals surface area (Å²) in [7, 11) is 1.94. The van der Waals surface area contributed by atoms with Crippen LogP contribution >= 0.6 is 0 Å². The summed E-state index contributed by atoms with van der Waals surface area (Å²) >= 11 is 0. The summed E-state index contributed by atoms with van der Waals surface area (Å²) in [6.07, 6.45) is 0. The number of hydrogen-bond acceptors (Lipinski definition) is 5. The lowest BCUT2D eigenvalue weighted by molar-refractivity contribution is 0.212. The summed E-state index contributed by atoms with van der Waals surface area (Å²) in [6, 6.07) is 5.97. The van der Waals surface area contributed by atoms with Gasteiger partial charge < -0.3 is 9.26 Å². The number of nitrogens with zero attached hydrogens (tertiary/aromatic N) is 3. The molecule has 1 aromatic heterocycles. The molecule has 0 amide bonds. The molecule has 102 valence electrons. The number of halogens is 1. The van der Waals surface area contributed by atoms with Gasteiger partial charge in [-0.15, -0.1) is 0 Å². The molecule has 0 atom stereocenters. The molecular formula is C13H16FN3O2. The van der Waals surface area contributed by atoms with Crippen LogP contribution in [-0.2, 0) is 6.54 Å². The van der Waals surface area contributed by atoms with Gasteiger partial charge in [0, 0.05) is 6.54 Å². The number of aryl methyl sites for hydroxylation is 1. The standard InChI is InChI=1S/C13H16FN3O2/c1-10-15-13(19-16-10)9-17(2)7-8-18-12-5-3-11(14)4-6-12/h3-6H,7-9H2,1-2H3. The second-order valence-corrected chi connectivity index (χ2v) is 4.28. The van der Waals surface area contributed by atoms with E-state index >= 15 is 0 Å². The number of likely N-dealkylation sites (N-methyl/N-ethyl adjacent to an activating group) is 1. The van der Waals surface area contributed by atoms with Gasteiger partial charge in [0.05, 0.1) is 6.54 Å². The predicted molar refractivity (Wildman–Crippen MR) is 67.3 cm³/mol. The highest BCUT2D eigenvalue weighted by Crippen LogP contribution is 2.10. The van der Waals surface area contributed by atoms with Gasteiger partial charge in [-0.2, -0.15) is 4.98 Å². The van der Waals surface area contributed by atoms with Crippen molar-refractivity contribution in [2.75, 3.05) is 20.2 Å². The van der Waals surface area contributed by atoms with E-state index in [-0.39, 0.29) is 5.82 Å². The molecule has 0 radical (unpaired) electrons. The van der Waals surface area contributed by atoms with Crippen LogP contribution in [0, 0.1) is 12.7 Å². The van der Waals surface area contributed by atoms with E-state index in [9.17, 15) is 4.39 Å². The molecule has 1 aromatic carbocycles. The Labute approximate surface area is 111 Å². The molecule has 0 saturated carbocycles. The molecule has 0 aliphatic rings. The van der Waals surface area contributed by atoms with Gasteiger partial charge in [-0.3, -0.25) is 4.90 Å². The largest absolute Gasteiger partial charge is 0.492 e. The first-order valence-corrected chi connectivity index (χ1v) is 5.99. The van der Waals surface area contributed by atoms with Crippen LogP contribution in [0.25, 0.3) is 0 Å². The van der Waals surface area contributed by atoms with E-state index in [1.807, 2.05) is 11.9 Å². The Balaban J connectivity index is 1.71. The van der Waals surface area contributed by atoms with E-state index in [1.165, 1.54) is 12.1 Å². The molecule has 0 aliphatic carbocycles. The van der Waals surface area contributed by atoms with Crippen LogP contribution in [-0.4, -0.2) is 35.2 Å². The third-order valence-electron chi connectivity index (χ3n) is 2.53. The van der Waals surface area contributed by atoms with Crippen LogP contribution in [0.4, 0.5) is 4.39 Å². The molecule has 0 unspecified atom stereocenters. The Kier molecular flexibility index (Phi) is 4.46. The molecular weight excluding hydrogens is 249 g/mol. The van der Waals surface area contributed by atoms with Gasteiger partial charge in [0.2, 0.25) is 5.89 Å². The predicted octanol–water partition coefficient (Wildman–Crippen LogP) is 2.03. The van der Waals surface area contributed by atoms with Crippen molar-refractivity contribution in [3.05, 3.63) is 41.8 Å². The summed E-state index contributed by atoms with van der Waals surface area (Å²) in [5.74, 6) is 1.60. The molecule has 0 aliphatic heterocycles. The molecule has 2 aromatic rings. The third-order valence-corrected chi connectivity index (χ3v) is 2.53. The highest BCUT2D eigenvalue weighted by atomic mass is 19.1. The summed E-state index contributed by atoms with van der Waals surface area (Å²) in [6.45, 7) is 3.58. The van der Waals surface area contributed by atoms with E-state index in [1.54, 1.807) is 19.1 Å². The maximum Gasteiger partial charge on any atom is 0.240 e. The lowest BCUT2D eigenvalue weighted by Gasteiger charge is -2.14. The molecule has 6 heteroatoms. The summed E-state index contributed by atoms with van der Waals surface area (Å²) < 4.78 is 23.2. The Morgan fingerprint density at radius 3 is 2.68 bits per heavy atom. The zero-order valence-electron chi connectivity index (χ0n) is 11.0. The normalized spacial score (nSPS) is 10.9. The maximum absolute atomic E-state index is 12.7. The number of benzene rings is 1. The zero-order chi connectivity index (χ0) is 13.7. The smallest absolute Gasteiger partial charge is 0.240 e. The summed E-state index contributed by atoms with van der Waals surface area (Å²) in [5, 5.41) is 3.73. The van der Waals surface area contributed by atoms with Gasteiger partial charge in [0.15, 0.2) is 5.82 Å². The third kappa shape index (κ3) is 4.33. The monoisotopic (exact) mass is 265 g/mol. The van der Waals surface area contributed by atoms with Crippen molar-refractivity contribution in [1.82, 2.24) is 15.0 Å². The van der Waals surface area contributed by atoms with Crippen molar-refractivity contribution in [2.24, 2.45) is 0 Å². The Hall–Kier alpha value is -1.95. The van der Waals surface area contributed by atoms with Crippen molar-refractivity contribution in [3.8, 4) is 5.75 Å². The minimum Gasteiger partial charge on any atom is -0.492 e. The van der Waals surface area contributed by atoms with Crippen LogP contribution in [0.3, 0.4) is 0 Å². The first kappa shape index (κ1) is 13.5. The van der Waals surface area contributed by atoms with Crippen LogP contribution in [0.1, 0.15) is 11.7 Å². The summed E-state index contributed by atoms with van der Waals surface area (Å²) in [5.41, 5.74) is 0. The second-order valence-electron chi connectivity index (χ2n) is 4.28. The number of hydrogen-bond donors (Lipinski definition) is 0. The van der Waals surface area contributed by atoms with E-state index in [2.05, 4.69) is 10.1 Å². The second kappa shape index (κ2) is 6.29. The molecule has 0 bridgehead atoms. The average Bonchev–Trinajstić information content (AvgIpc) is 2.77. The van der Waals surface area contributed by atoms with Crippen molar-refractivity contribution in [1.29, 1.82) is 0 Å². The molecule has 0 spiro atoms. The van der Waals surface area contributed by atoms with E-state index < -0.39 is 0 Å². The van der Waals surface area contributed by atoms with Crippen LogP contribution in [0.5, 0.6) is 5.75 Å². The topological polar surface area (TPSA) is 51.4 Å². The molecule has 0 fully saturated rings. The molecule has 5 nitrogen and oxygen atoms in total. The molecule has 0 N–H and O–H groups in total. The molecule has 1 heterocycles. The maximum atomic E-state index is 12.7. The molecule has 19 heavy (non-hydrogen) atoms. The van der Waals surface area contributed by atoms with Gasteiger partial charge >= 0.3 is 0 Å². The summed E-state index contributed by atoms with van der Waals surface area (Å²) in [4.78, 5) is 6.14. The quantitative estimate of drug-likeness (QED) is 0.800. The van der Waals surface area contributed by atoms with E-state index in [4.69, 9.17) is 9.26 Å². The highest BCUT2D eigenvalue weighted by Gasteiger charge is 2.06. The lowest BCUT2D eigenvalue weighted by Crippen LogP contribution is -2.24.